The highest BCUT2D eigenvalue weighted by Crippen LogP contribution is 2.54. The molecule has 2 aromatic carbocycles. The van der Waals surface area contributed by atoms with E-state index >= 15 is 0 Å². The molecule has 110 valence electrons. The Morgan fingerprint density at radius 3 is 2.67 bits per heavy atom. The van der Waals surface area contributed by atoms with E-state index in [1.807, 2.05) is 31.2 Å². The van der Waals surface area contributed by atoms with Crippen molar-refractivity contribution < 1.29 is 9.84 Å². The molecule has 1 aliphatic carbocycles. The molecule has 0 heterocycles. The van der Waals surface area contributed by atoms with Gasteiger partial charge in [0.15, 0.2) is 0 Å². The molecule has 0 aromatic heterocycles. The summed E-state index contributed by atoms with van der Waals surface area (Å²) in [7, 11) is 0. The summed E-state index contributed by atoms with van der Waals surface area (Å²) in [6, 6.07) is 16.2. The van der Waals surface area contributed by atoms with Crippen LogP contribution in [0.3, 0.4) is 0 Å². The lowest BCUT2D eigenvalue weighted by Gasteiger charge is -2.14. The molecule has 2 aromatic rings. The molecule has 1 aliphatic rings. The summed E-state index contributed by atoms with van der Waals surface area (Å²) >= 11 is 3.55. The maximum Gasteiger partial charge on any atom is 0.120 e. The predicted molar refractivity (Wildman–Crippen MR) is 87.6 cm³/mol. The second-order valence-electron chi connectivity index (χ2n) is 5.48. The Labute approximate surface area is 133 Å². The quantitative estimate of drug-likeness (QED) is 0.851. The minimum Gasteiger partial charge on any atom is -0.494 e. The number of hydrogen-bond donors (Lipinski definition) is 1. The summed E-state index contributed by atoms with van der Waals surface area (Å²) in [6.07, 6.45) is 0.616. The molecule has 0 bridgehead atoms. The van der Waals surface area contributed by atoms with E-state index in [-0.39, 0.29) is 0 Å². The molecule has 1 N–H and O–H groups in total. The number of ether oxygens (including phenoxy) is 1. The van der Waals surface area contributed by atoms with Crippen molar-refractivity contribution in [1.29, 1.82) is 0 Å². The van der Waals surface area contributed by atoms with Crippen LogP contribution in [0.4, 0.5) is 0 Å². The van der Waals surface area contributed by atoms with E-state index in [2.05, 4.69) is 40.2 Å². The number of aliphatic hydroxyl groups is 1. The van der Waals surface area contributed by atoms with Crippen LogP contribution in [0.15, 0.2) is 53.0 Å². The van der Waals surface area contributed by atoms with Crippen LogP contribution in [0.25, 0.3) is 0 Å². The fourth-order valence-electron chi connectivity index (χ4n) is 2.88. The first-order valence-electron chi connectivity index (χ1n) is 7.36. The van der Waals surface area contributed by atoms with Crippen molar-refractivity contribution in [3.63, 3.8) is 0 Å². The van der Waals surface area contributed by atoms with E-state index in [1.54, 1.807) is 0 Å². The Bertz CT molecular complexity index is 612. The number of aliphatic hydroxyl groups excluding tert-OH is 1. The lowest BCUT2D eigenvalue weighted by molar-refractivity contribution is 0.150. The van der Waals surface area contributed by atoms with Gasteiger partial charge in [-0.2, -0.15) is 0 Å². The van der Waals surface area contributed by atoms with E-state index in [0.717, 1.165) is 22.2 Å². The van der Waals surface area contributed by atoms with Crippen molar-refractivity contribution in [2.24, 2.45) is 5.92 Å². The molecule has 3 heteroatoms. The second kappa shape index (κ2) is 6.20. The summed E-state index contributed by atoms with van der Waals surface area (Å²) in [4.78, 5) is 0. The number of benzene rings is 2. The maximum absolute atomic E-state index is 10.6. The summed E-state index contributed by atoms with van der Waals surface area (Å²) in [5, 5.41) is 10.6. The Morgan fingerprint density at radius 2 is 2.00 bits per heavy atom. The number of halogens is 1. The smallest absolute Gasteiger partial charge is 0.120 e. The Hall–Kier alpha value is -1.32. The third-order valence-corrected chi connectivity index (χ3v) is 4.76. The normalized spacial score (nSPS) is 21.9. The minimum absolute atomic E-state index is 0.307. The molecule has 3 rings (SSSR count). The van der Waals surface area contributed by atoms with E-state index in [0.29, 0.717) is 18.4 Å². The van der Waals surface area contributed by atoms with Gasteiger partial charge in [0.25, 0.3) is 0 Å². The van der Waals surface area contributed by atoms with Crippen LogP contribution >= 0.6 is 15.9 Å². The van der Waals surface area contributed by atoms with Gasteiger partial charge in [-0.25, -0.2) is 0 Å². The highest BCUT2D eigenvalue weighted by molar-refractivity contribution is 9.10. The van der Waals surface area contributed by atoms with Crippen LogP contribution in [-0.2, 0) is 0 Å². The first kappa shape index (κ1) is 14.6. The van der Waals surface area contributed by atoms with Crippen LogP contribution in [0.1, 0.15) is 36.5 Å². The maximum atomic E-state index is 10.6. The standard InChI is InChI=1S/C18H19BrO2/c1-2-21-13-8-9-14(17(19)10-13)18(20)16-11-15(16)12-6-4-3-5-7-12/h3-10,15-16,18,20H,2,11H2,1H3. The summed E-state index contributed by atoms with van der Waals surface area (Å²) in [6.45, 7) is 2.61. The molecule has 3 unspecified atom stereocenters. The zero-order valence-electron chi connectivity index (χ0n) is 12.0. The molecule has 3 atom stereocenters. The van der Waals surface area contributed by atoms with Crippen molar-refractivity contribution in [2.75, 3.05) is 6.61 Å². The molecule has 1 saturated carbocycles. The van der Waals surface area contributed by atoms with Crippen molar-refractivity contribution in [3.05, 3.63) is 64.1 Å². The van der Waals surface area contributed by atoms with Crippen LogP contribution in [-0.4, -0.2) is 11.7 Å². The fourth-order valence-corrected chi connectivity index (χ4v) is 3.47. The Kier molecular flexibility index (Phi) is 4.32. The van der Waals surface area contributed by atoms with Crippen LogP contribution < -0.4 is 4.74 Å². The molecule has 0 spiro atoms. The minimum atomic E-state index is -0.430. The highest BCUT2D eigenvalue weighted by atomic mass is 79.9. The molecular formula is C18H19BrO2. The molecule has 0 radical (unpaired) electrons. The average molecular weight is 347 g/mol. The van der Waals surface area contributed by atoms with E-state index in [9.17, 15) is 5.11 Å². The van der Waals surface area contributed by atoms with Crippen molar-refractivity contribution in [1.82, 2.24) is 0 Å². The van der Waals surface area contributed by atoms with Crippen molar-refractivity contribution in [3.8, 4) is 5.75 Å². The van der Waals surface area contributed by atoms with Gasteiger partial charge in [-0.05, 0) is 48.4 Å². The summed E-state index contributed by atoms with van der Waals surface area (Å²) in [5.41, 5.74) is 2.27. The fraction of sp³-hybridized carbons (Fsp3) is 0.333. The van der Waals surface area contributed by atoms with Crippen LogP contribution in [0.2, 0.25) is 0 Å². The van der Waals surface area contributed by atoms with E-state index in [4.69, 9.17) is 4.74 Å². The topological polar surface area (TPSA) is 29.5 Å². The molecule has 0 amide bonds. The van der Waals surface area contributed by atoms with Gasteiger partial charge in [-0.15, -0.1) is 0 Å². The second-order valence-corrected chi connectivity index (χ2v) is 6.33. The lowest BCUT2D eigenvalue weighted by atomic mass is 10.0. The molecule has 0 aliphatic heterocycles. The van der Waals surface area contributed by atoms with Crippen LogP contribution in [0, 0.1) is 5.92 Å². The molecular weight excluding hydrogens is 328 g/mol. The van der Waals surface area contributed by atoms with E-state index < -0.39 is 6.10 Å². The van der Waals surface area contributed by atoms with E-state index in [1.165, 1.54) is 5.56 Å². The van der Waals surface area contributed by atoms with Gasteiger partial charge >= 0.3 is 0 Å². The zero-order valence-corrected chi connectivity index (χ0v) is 13.6. The van der Waals surface area contributed by atoms with Crippen molar-refractivity contribution >= 4 is 15.9 Å². The monoisotopic (exact) mass is 346 g/mol. The number of hydrogen-bond acceptors (Lipinski definition) is 2. The van der Waals surface area contributed by atoms with Gasteiger partial charge in [-0.1, -0.05) is 52.3 Å². The van der Waals surface area contributed by atoms with Gasteiger partial charge < -0.3 is 9.84 Å². The van der Waals surface area contributed by atoms with Gasteiger partial charge in [0.1, 0.15) is 5.75 Å². The Balaban J connectivity index is 1.73. The van der Waals surface area contributed by atoms with Gasteiger partial charge in [0, 0.05) is 4.47 Å². The molecule has 21 heavy (non-hydrogen) atoms. The SMILES string of the molecule is CCOc1ccc(C(O)C2CC2c2ccccc2)c(Br)c1. The van der Waals surface area contributed by atoms with Crippen molar-refractivity contribution in [2.45, 2.75) is 25.4 Å². The largest absolute Gasteiger partial charge is 0.494 e. The molecule has 0 saturated heterocycles. The van der Waals surface area contributed by atoms with Crippen LogP contribution in [0.5, 0.6) is 5.75 Å². The first-order valence-corrected chi connectivity index (χ1v) is 8.15. The highest BCUT2D eigenvalue weighted by Gasteiger charge is 2.44. The zero-order chi connectivity index (χ0) is 14.8. The average Bonchev–Trinajstić information content (AvgIpc) is 3.28. The summed E-state index contributed by atoms with van der Waals surface area (Å²) in [5.74, 6) is 1.61. The third-order valence-electron chi connectivity index (χ3n) is 4.07. The molecule has 2 nitrogen and oxygen atoms in total. The summed E-state index contributed by atoms with van der Waals surface area (Å²) < 4.78 is 6.39. The lowest BCUT2D eigenvalue weighted by Crippen LogP contribution is -2.03. The van der Waals surface area contributed by atoms with Gasteiger partial charge in [0.2, 0.25) is 0 Å². The third kappa shape index (κ3) is 3.14. The first-order chi connectivity index (χ1) is 10.2. The predicted octanol–water partition coefficient (Wildman–Crippen LogP) is 4.68. The Morgan fingerprint density at radius 1 is 1.24 bits per heavy atom. The van der Waals surface area contributed by atoms with Gasteiger partial charge in [-0.3, -0.25) is 0 Å². The number of rotatable bonds is 5. The molecule has 1 fully saturated rings. The van der Waals surface area contributed by atoms with Gasteiger partial charge in [0.05, 0.1) is 12.7 Å².